The molecule has 3 aromatic heterocycles. The lowest BCUT2D eigenvalue weighted by molar-refractivity contribution is -0.135. The highest BCUT2D eigenvalue weighted by Gasteiger charge is 2.40. The van der Waals surface area contributed by atoms with E-state index in [0.29, 0.717) is 46.5 Å². The van der Waals surface area contributed by atoms with E-state index < -0.39 is 11.9 Å². The number of carbonyl (C=O) groups excluding carboxylic acids is 3. The Balaban J connectivity index is 0.786. The second-order valence-corrected chi connectivity index (χ2v) is 17.5. The van der Waals surface area contributed by atoms with Gasteiger partial charge in [-0.1, -0.05) is 6.07 Å². The van der Waals surface area contributed by atoms with Gasteiger partial charge in [0.1, 0.15) is 11.8 Å². The van der Waals surface area contributed by atoms with Crippen LogP contribution in [0.25, 0.3) is 26.8 Å². The molecule has 1 unspecified atom stereocenters. The van der Waals surface area contributed by atoms with Crippen molar-refractivity contribution in [1.29, 1.82) is 0 Å². The monoisotopic (exact) mass is 812 g/mol. The van der Waals surface area contributed by atoms with E-state index in [-0.39, 0.29) is 23.9 Å². The third kappa shape index (κ3) is 7.31. The summed E-state index contributed by atoms with van der Waals surface area (Å²) in [5.74, 6) is 0.133. The number of amides is 3. The number of benzene rings is 2. The van der Waals surface area contributed by atoms with Crippen LogP contribution in [0, 0.1) is 24.8 Å². The Hall–Kier alpha value is -6.01. The topological polar surface area (TPSA) is 153 Å². The Morgan fingerprint density at radius 3 is 2.47 bits per heavy atom. The molecule has 4 aliphatic rings. The number of nitrogens with zero attached hydrogens (tertiary/aromatic N) is 8. The molecule has 0 radical (unpaired) electrons. The summed E-state index contributed by atoms with van der Waals surface area (Å²) in [5, 5.41) is 11.2. The van der Waals surface area contributed by atoms with Crippen molar-refractivity contribution < 1.29 is 19.1 Å². The van der Waals surface area contributed by atoms with E-state index in [1.807, 2.05) is 18.2 Å². The number of anilines is 2. The molecule has 9 rings (SSSR count). The van der Waals surface area contributed by atoms with Crippen LogP contribution in [-0.2, 0) is 16.6 Å². The Kier molecular flexibility index (Phi) is 10.4. The van der Waals surface area contributed by atoms with Gasteiger partial charge in [-0.2, -0.15) is 5.10 Å². The number of aromatic nitrogens is 5. The molecule has 1 atom stereocenters. The fourth-order valence-electron chi connectivity index (χ4n) is 10.4. The van der Waals surface area contributed by atoms with Crippen molar-refractivity contribution in [1.82, 2.24) is 34.1 Å². The van der Waals surface area contributed by atoms with Crippen LogP contribution in [0.5, 0.6) is 5.75 Å². The molecule has 0 bridgehead atoms. The molecule has 4 fully saturated rings. The fourth-order valence-corrected chi connectivity index (χ4v) is 10.4. The summed E-state index contributed by atoms with van der Waals surface area (Å²) < 4.78 is 11.0. The zero-order chi connectivity index (χ0) is 41.7. The normalized spacial score (nSPS) is 22.2. The van der Waals surface area contributed by atoms with Gasteiger partial charge in [0.25, 0.3) is 5.91 Å². The minimum atomic E-state index is -0.694. The first-order valence-electron chi connectivity index (χ1n) is 21.3. The maximum absolute atomic E-state index is 13.6. The van der Waals surface area contributed by atoms with Gasteiger partial charge in [0, 0.05) is 68.7 Å². The Bertz CT molecular complexity index is 2590. The summed E-state index contributed by atoms with van der Waals surface area (Å²) >= 11 is 0. The molecule has 2 N–H and O–H groups in total. The molecule has 1 saturated carbocycles. The largest absolute Gasteiger partial charge is 0.494 e. The Labute approximate surface area is 348 Å². The highest BCUT2D eigenvalue weighted by atomic mass is 16.5. The average Bonchev–Trinajstić information content (AvgIpc) is 3.79. The number of nitrogens with one attached hydrogen (secondary N) is 2. The van der Waals surface area contributed by atoms with Crippen LogP contribution in [0.4, 0.5) is 17.1 Å². The summed E-state index contributed by atoms with van der Waals surface area (Å²) in [6.45, 7) is 14.6. The predicted molar refractivity (Wildman–Crippen MR) is 229 cm³/mol. The highest BCUT2D eigenvalue weighted by Crippen LogP contribution is 2.45. The number of piperidine rings is 3. The van der Waals surface area contributed by atoms with Crippen LogP contribution in [0.15, 0.2) is 53.7 Å². The highest BCUT2D eigenvalue weighted by molar-refractivity contribution is 6.06. The third-order valence-electron chi connectivity index (χ3n) is 13.9. The number of imidazole rings is 1. The van der Waals surface area contributed by atoms with Crippen LogP contribution < -0.4 is 26.0 Å². The molecule has 6 heterocycles. The minimum absolute atomic E-state index is 0.223. The van der Waals surface area contributed by atoms with Crippen LogP contribution in [-0.4, -0.2) is 86.4 Å². The second-order valence-electron chi connectivity index (χ2n) is 17.5. The molecule has 60 heavy (non-hydrogen) atoms. The number of aryl methyl sites for hydroxylation is 2. The van der Waals surface area contributed by atoms with E-state index in [1.54, 1.807) is 23.3 Å². The van der Waals surface area contributed by atoms with Crippen molar-refractivity contribution >= 4 is 56.7 Å². The van der Waals surface area contributed by atoms with Crippen LogP contribution in [0.3, 0.4) is 0 Å². The summed E-state index contributed by atoms with van der Waals surface area (Å²) in [5.41, 5.74) is 5.89. The van der Waals surface area contributed by atoms with Gasteiger partial charge in [-0.25, -0.2) is 9.64 Å². The van der Waals surface area contributed by atoms with Gasteiger partial charge in [-0.3, -0.25) is 38.5 Å². The van der Waals surface area contributed by atoms with E-state index >= 15 is 0 Å². The molecular formula is C45H52N10O5. The van der Waals surface area contributed by atoms with Crippen LogP contribution >= 0.6 is 0 Å². The molecule has 3 saturated heterocycles. The van der Waals surface area contributed by atoms with Gasteiger partial charge >= 0.3 is 5.69 Å². The van der Waals surface area contributed by atoms with Gasteiger partial charge in [-0.15, -0.1) is 0 Å². The molecule has 3 aliphatic heterocycles. The van der Waals surface area contributed by atoms with Gasteiger partial charge in [0.05, 0.1) is 47.6 Å². The number of pyridine rings is 1. The van der Waals surface area contributed by atoms with Crippen molar-refractivity contribution in [2.24, 2.45) is 18.4 Å². The number of fused-ring (bicyclic) bond motifs is 2. The van der Waals surface area contributed by atoms with Crippen molar-refractivity contribution in [2.45, 2.75) is 83.2 Å². The number of methoxy groups -OCH3 is 1. The standard InChI is InChI=1S/C45H52N10O5/c1-28-5-10-36-41(51(3)44(59)55(36)37-11-12-39(56)49-43(37)58)40(28)53-19-15-45(16-20-53)13-17-52(18-14-45)26-29-6-8-33(9-7-29)54-27-31-22-35(38(60-4)23-34(31)50-54)48-42(57)30-21-32(46-2)25-47-24-30/h5,10,21-25,27,29,33,37H,6-9,11-20,26H2,1,3-4H3,(H,48,57)(H,49,56,58). The number of imide groups is 1. The Morgan fingerprint density at radius 1 is 1.00 bits per heavy atom. The van der Waals surface area contributed by atoms with E-state index in [4.69, 9.17) is 16.4 Å². The SMILES string of the molecule is [C-]#[N+]c1cncc(C(=O)Nc2cc3cn(C4CCC(CN5CCC6(CC5)CCN(c5c(C)ccc7c5n(C)c(=O)n7C5CCC(=O)NC5=O)CC6)CC4)nc3cc2OC)c1. The number of hydrogen-bond acceptors (Lipinski definition) is 9. The van der Waals surface area contributed by atoms with Gasteiger partial charge in [-0.05, 0) is 113 Å². The Morgan fingerprint density at radius 2 is 1.75 bits per heavy atom. The minimum Gasteiger partial charge on any atom is -0.494 e. The lowest BCUT2D eigenvalue weighted by Crippen LogP contribution is -2.48. The van der Waals surface area contributed by atoms with E-state index in [0.717, 1.165) is 91.6 Å². The average molecular weight is 813 g/mol. The van der Waals surface area contributed by atoms with E-state index in [9.17, 15) is 19.2 Å². The first kappa shape index (κ1) is 39.5. The number of rotatable bonds is 8. The van der Waals surface area contributed by atoms with Gasteiger partial charge < -0.3 is 19.9 Å². The second kappa shape index (κ2) is 15.9. The first-order valence-corrected chi connectivity index (χ1v) is 21.3. The predicted octanol–water partition coefficient (Wildman–Crippen LogP) is 6.30. The number of likely N-dealkylation sites (tertiary alicyclic amines) is 1. The zero-order valence-corrected chi connectivity index (χ0v) is 34.6. The van der Waals surface area contributed by atoms with Crippen molar-refractivity contribution in [2.75, 3.05) is 50.1 Å². The zero-order valence-electron chi connectivity index (χ0n) is 34.6. The number of ether oxygens (including phenoxy) is 1. The number of carbonyl (C=O) groups is 3. The summed E-state index contributed by atoms with van der Waals surface area (Å²) in [4.78, 5) is 63.8. The van der Waals surface area contributed by atoms with Crippen LogP contribution in [0.1, 0.15) is 92.2 Å². The van der Waals surface area contributed by atoms with Crippen molar-refractivity contribution in [3.05, 3.63) is 82.0 Å². The molecule has 312 valence electrons. The number of hydrogen-bond donors (Lipinski definition) is 2. The lowest BCUT2D eigenvalue weighted by Gasteiger charge is -2.48. The summed E-state index contributed by atoms with van der Waals surface area (Å²) in [6, 6.07) is 8.92. The third-order valence-corrected chi connectivity index (χ3v) is 13.9. The molecule has 15 heteroatoms. The van der Waals surface area contributed by atoms with E-state index in [2.05, 4.69) is 54.1 Å². The molecule has 2 aromatic carbocycles. The lowest BCUT2D eigenvalue weighted by atomic mass is 9.71. The van der Waals surface area contributed by atoms with Crippen molar-refractivity contribution in [3.8, 4) is 5.75 Å². The first-order chi connectivity index (χ1) is 29.0. The maximum atomic E-state index is 13.6. The molecule has 1 spiro atoms. The van der Waals surface area contributed by atoms with Gasteiger partial charge in [0.2, 0.25) is 17.5 Å². The smallest absolute Gasteiger partial charge is 0.329 e. The molecular weight excluding hydrogens is 761 g/mol. The van der Waals surface area contributed by atoms with Crippen molar-refractivity contribution in [3.63, 3.8) is 0 Å². The molecule has 3 amide bonds. The van der Waals surface area contributed by atoms with Crippen LogP contribution in [0.2, 0.25) is 0 Å². The summed E-state index contributed by atoms with van der Waals surface area (Å²) in [6.07, 6.45) is 14.6. The summed E-state index contributed by atoms with van der Waals surface area (Å²) in [7, 11) is 3.37. The van der Waals surface area contributed by atoms with E-state index in [1.165, 1.54) is 44.1 Å². The molecule has 1 aliphatic carbocycles. The molecule has 5 aromatic rings. The fraction of sp³-hybridized carbons (Fsp3) is 0.489. The van der Waals surface area contributed by atoms with Gasteiger partial charge in [0.15, 0.2) is 0 Å². The molecule has 15 nitrogen and oxygen atoms in total. The quantitative estimate of drug-likeness (QED) is 0.136. The maximum Gasteiger partial charge on any atom is 0.329 e.